The van der Waals surface area contributed by atoms with Gasteiger partial charge in [-0.1, -0.05) is 52.0 Å². The first kappa shape index (κ1) is 17.5. The van der Waals surface area contributed by atoms with E-state index in [0.29, 0.717) is 0 Å². The van der Waals surface area contributed by atoms with E-state index in [1.165, 1.54) is 11.1 Å². The summed E-state index contributed by atoms with van der Waals surface area (Å²) in [5.41, 5.74) is 2.26. The molecule has 1 aromatic rings. The van der Waals surface area contributed by atoms with E-state index in [1.54, 1.807) is 0 Å². The molecule has 0 aliphatic carbocycles. The van der Waals surface area contributed by atoms with Crippen LogP contribution in [0.3, 0.4) is 0 Å². The fourth-order valence-electron chi connectivity index (χ4n) is 4.27. The van der Waals surface area contributed by atoms with E-state index in [1.807, 2.05) is 0 Å². The van der Waals surface area contributed by atoms with Gasteiger partial charge in [-0.25, -0.2) is 9.78 Å². The van der Waals surface area contributed by atoms with Crippen LogP contribution in [0.1, 0.15) is 79.4 Å². The van der Waals surface area contributed by atoms with Gasteiger partial charge in [0.1, 0.15) is 0 Å². The van der Waals surface area contributed by atoms with Gasteiger partial charge in [-0.2, -0.15) is 0 Å². The molecule has 0 atom stereocenters. The van der Waals surface area contributed by atoms with Crippen LogP contribution in [0.25, 0.3) is 0 Å². The molecule has 0 N–H and O–H groups in total. The van der Waals surface area contributed by atoms with Crippen molar-refractivity contribution in [3.63, 3.8) is 0 Å². The van der Waals surface area contributed by atoms with Crippen molar-refractivity contribution in [3.05, 3.63) is 35.4 Å². The van der Waals surface area contributed by atoms with Crippen LogP contribution in [0.5, 0.6) is 0 Å². The summed E-state index contributed by atoms with van der Waals surface area (Å²) in [5, 5.41) is 0. The maximum Gasteiger partial charge on any atom is 0.0988 e. The Hall–Kier alpha value is -0.860. The van der Waals surface area contributed by atoms with E-state index in [9.17, 15) is 0 Å². The molecule has 0 aromatic heterocycles. The predicted molar refractivity (Wildman–Crippen MR) is 92.1 cm³/mol. The van der Waals surface area contributed by atoms with Crippen LogP contribution in [0.4, 0.5) is 0 Å². The zero-order chi connectivity index (χ0) is 16.8. The zero-order valence-electron chi connectivity index (χ0n) is 15.5. The van der Waals surface area contributed by atoms with Gasteiger partial charge in [0.15, 0.2) is 0 Å². The highest BCUT2D eigenvalue weighted by Crippen LogP contribution is 2.44. The maximum atomic E-state index is 5.87. The Morgan fingerprint density at radius 3 is 1.27 bits per heavy atom. The zero-order valence-corrected chi connectivity index (χ0v) is 15.5. The SMILES string of the molecule is CC1(C)CC(C)(C)c2ccccc2C(C)(C)CC(C)(C)OO1. The second kappa shape index (κ2) is 5.35. The molecule has 0 saturated heterocycles. The number of benzene rings is 1. The Labute approximate surface area is 136 Å². The Morgan fingerprint density at radius 2 is 0.955 bits per heavy atom. The summed E-state index contributed by atoms with van der Waals surface area (Å²) in [4.78, 5) is 11.7. The third-order valence-electron chi connectivity index (χ3n) is 4.61. The normalized spacial score (nSPS) is 26.0. The highest BCUT2D eigenvalue weighted by Gasteiger charge is 2.41. The molecule has 1 aromatic carbocycles. The van der Waals surface area contributed by atoms with Crippen LogP contribution < -0.4 is 0 Å². The van der Waals surface area contributed by atoms with E-state index < -0.39 is 0 Å². The lowest BCUT2D eigenvalue weighted by atomic mass is 9.67. The Bertz CT molecular complexity index is 489. The molecule has 0 saturated carbocycles. The second-order valence-electron chi connectivity index (χ2n) is 9.35. The van der Waals surface area contributed by atoms with Gasteiger partial charge in [0.2, 0.25) is 0 Å². The molecule has 1 heterocycles. The fraction of sp³-hybridized carbons (Fsp3) is 0.700. The molecule has 22 heavy (non-hydrogen) atoms. The van der Waals surface area contributed by atoms with Gasteiger partial charge in [0.05, 0.1) is 11.2 Å². The molecular weight excluding hydrogens is 272 g/mol. The quantitative estimate of drug-likeness (QED) is 0.586. The molecule has 0 spiro atoms. The van der Waals surface area contributed by atoms with Crippen molar-refractivity contribution in [2.75, 3.05) is 0 Å². The highest BCUT2D eigenvalue weighted by molar-refractivity contribution is 5.39. The van der Waals surface area contributed by atoms with Gasteiger partial charge < -0.3 is 0 Å². The summed E-state index contributed by atoms with van der Waals surface area (Å²) in [6, 6.07) is 8.86. The lowest BCUT2D eigenvalue weighted by molar-refractivity contribution is -0.406. The molecule has 0 unspecified atom stereocenters. The van der Waals surface area contributed by atoms with Crippen LogP contribution in [0, 0.1) is 0 Å². The second-order valence-corrected chi connectivity index (χ2v) is 9.35. The third-order valence-corrected chi connectivity index (χ3v) is 4.61. The smallest absolute Gasteiger partial charge is 0.0988 e. The number of fused-ring (bicyclic) bond motifs is 1. The largest absolute Gasteiger partial charge is 0.230 e. The topological polar surface area (TPSA) is 18.5 Å². The highest BCUT2D eigenvalue weighted by atomic mass is 17.2. The molecule has 2 rings (SSSR count). The molecule has 1 aliphatic heterocycles. The lowest BCUT2D eigenvalue weighted by Gasteiger charge is -2.43. The standard InChI is InChI=1S/C20H32O2/c1-17(2)13-19(5,6)21-22-20(7,8)14-18(3,4)16-12-10-9-11-15(16)17/h9-12H,13-14H2,1-8H3. The summed E-state index contributed by atoms with van der Waals surface area (Å²) < 4.78 is 0. The first-order valence-corrected chi connectivity index (χ1v) is 8.32. The number of rotatable bonds is 0. The minimum Gasteiger partial charge on any atom is -0.230 e. The Kier molecular flexibility index (Phi) is 4.25. The average Bonchev–Trinajstić information content (AvgIpc) is 2.34. The summed E-state index contributed by atoms with van der Waals surface area (Å²) in [7, 11) is 0. The van der Waals surface area contributed by atoms with E-state index in [0.717, 1.165) is 12.8 Å². The fourth-order valence-corrected chi connectivity index (χ4v) is 4.27. The molecule has 0 radical (unpaired) electrons. The van der Waals surface area contributed by atoms with E-state index in [2.05, 4.69) is 79.7 Å². The molecule has 1 aliphatic rings. The first-order chi connectivity index (χ1) is 9.85. The number of hydrogen-bond acceptors (Lipinski definition) is 2. The maximum absolute atomic E-state index is 5.87. The molecule has 0 fully saturated rings. The predicted octanol–water partition coefficient (Wildman–Crippen LogP) is 5.54. The van der Waals surface area contributed by atoms with Gasteiger partial charge in [-0.3, -0.25) is 0 Å². The number of hydrogen-bond donors (Lipinski definition) is 0. The third kappa shape index (κ3) is 3.72. The van der Waals surface area contributed by atoms with Crippen molar-refractivity contribution in [2.45, 2.75) is 90.3 Å². The van der Waals surface area contributed by atoms with Crippen LogP contribution in [-0.4, -0.2) is 11.2 Å². The molecular formula is C20H32O2. The Balaban J connectivity index is 2.61. The minimum absolute atomic E-state index is 0.0300. The van der Waals surface area contributed by atoms with Gasteiger partial charge in [-0.15, -0.1) is 0 Å². The van der Waals surface area contributed by atoms with Crippen LogP contribution in [0.15, 0.2) is 24.3 Å². The summed E-state index contributed by atoms with van der Waals surface area (Å²) in [6.07, 6.45) is 1.81. The van der Waals surface area contributed by atoms with Gasteiger partial charge >= 0.3 is 0 Å². The average molecular weight is 304 g/mol. The van der Waals surface area contributed by atoms with Crippen molar-refractivity contribution in [3.8, 4) is 0 Å². The van der Waals surface area contributed by atoms with Crippen LogP contribution in [0.2, 0.25) is 0 Å². The summed E-state index contributed by atoms with van der Waals surface area (Å²) >= 11 is 0. The first-order valence-electron chi connectivity index (χ1n) is 8.32. The minimum atomic E-state index is -0.324. The van der Waals surface area contributed by atoms with Crippen molar-refractivity contribution in [1.29, 1.82) is 0 Å². The van der Waals surface area contributed by atoms with Crippen LogP contribution in [-0.2, 0) is 20.6 Å². The van der Waals surface area contributed by atoms with Crippen molar-refractivity contribution >= 4 is 0 Å². The van der Waals surface area contributed by atoms with Crippen LogP contribution >= 0.6 is 0 Å². The molecule has 0 bridgehead atoms. The van der Waals surface area contributed by atoms with Gasteiger partial charge in [0, 0.05) is 0 Å². The van der Waals surface area contributed by atoms with Gasteiger partial charge in [0.25, 0.3) is 0 Å². The van der Waals surface area contributed by atoms with Crippen molar-refractivity contribution in [2.24, 2.45) is 0 Å². The molecule has 2 nitrogen and oxygen atoms in total. The lowest BCUT2D eigenvalue weighted by Crippen LogP contribution is -2.43. The van der Waals surface area contributed by atoms with Gasteiger partial charge in [-0.05, 0) is 62.5 Å². The van der Waals surface area contributed by atoms with E-state index in [4.69, 9.17) is 9.78 Å². The van der Waals surface area contributed by atoms with Crippen molar-refractivity contribution < 1.29 is 9.78 Å². The van der Waals surface area contributed by atoms with E-state index in [-0.39, 0.29) is 22.0 Å². The molecule has 2 heteroatoms. The molecule has 124 valence electrons. The Morgan fingerprint density at radius 1 is 0.636 bits per heavy atom. The summed E-state index contributed by atoms with van der Waals surface area (Å²) in [6.45, 7) is 17.7. The van der Waals surface area contributed by atoms with Crippen molar-refractivity contribution in [1.82, 2.24) is 0 Å². The molecule has 0 amide bonds. The summed E-state index contributed by atoms with van der Waals surface area (Å²) in [5.74, 6) is 0. The van der Waals surface area contributed by atoms with E-state index >= 15 is 0 Å². The monoisotopic (exact) mass is 304 g/mol.